The first-order chi connectivity index (χ1) is 5.88. The molecule has 0 aromatic heterocycles. The van der Waals surface area contributed by atoms with Crippen LogP contribution in [0.5, 0.6) is 5.75 Å². The minimum Gasteiger partial charge on any atom is -0.507 e. The first kappa shape index (κ1) is 10.5. The molecule has 0 radical (unpaired) electrons. The Labute approximate surface area is 89.3 Å². The summed E-state index contributed by atoms with van der Waals surface area (Å²) in [6.45, 7) is 0. The highest BCUT2D eigenvalue weighted by atomic mass is 127. The van der Waals surface area contributed by atoms with Gasteiger partial charge in [0.25, 0.3) is 10.2 Å². The van der Waals surface area contributed by atoms with Crippen LogP contribution in [0, 0.1) is 3.57 Å². The summed E-state index contributed by atoms with van der Waals surface area (Å²) in [7, 11) is -3.74. The standard InChI is InChI=1S/C6H7IN2O3S/c7-5-3-4(1-2-6(5)10)9-13(8,11)12/h1-3,9-10H,(H2,8,11,12). The lowest BCUT2D eigenvalue weighted by molar-refractivity contribution is 0.471. The molecule has 0 spiro atoms. The van der Waals surface area contributed by atoms with Gasteiger partial charge in [-0.1, -0.05) is 0 Å². The number of phenols is 1. The molecule has 0 saturated carbocycles. The molecule has 0 amide bonds. The molecular formula is C6H7IN2O3S. The van der Waals surface area contributed by atoms with Gasteiger partial charge in [0.1, 0.15) is 5.75 Å². The number of halogens is 1. The maximum absolute atomic E-state index is 10.6. The predicted molar refractivity (Wildman–Crippen MR) is 57.6 cm³/mol. The van der Waals surface area contributed by atoms with E-state index in [4.69, 9.17) is 10.2 Å². The fourth-order valence-corrected chi connectivity index (χ4v) is 1.71. The van der Waals surface area contributed by atoms with E-state index >= 15 is 0 Å². The maximum atomic E-state index is 10.6. The van der Waals surface area contributed by atoms with Crippen molar-refractivity contribution in [1.29, 1.82) is 0 Å². The molecule has 0 fully saturated rings. The van der Waals surface area contributed by atoms with Crippen LogP contribution in [0.15, 0.2) is 18.2 Å². The second-order valence-corrected chi connectivity index (χ2v) is 4.77. The summed E-state index contributed by atoms with van der Waals surface area (Å²) >= 11 is 1.88. The van der Waals surface area contributed by atoms with Crippen LogP contribution >= 0.6 is 22.6 Å². The van der Waals surface area contributed by atoms with Gasteiger partial charge in [0, 0.05) is 0 Å². The third-order valence-electron chi connectivity index (χ3n) is 1.21. The molecule has 0 bridgehead atoms. The SMILES string of the molecule is NS(=O)(=O)Nc1ccc(O)c(I)c1. The summed E-state index contributed by atoms with van der Waals surface area (Å²) < 4.78 is 23.8. The largest absolute Gasteiger partial charge is 0.507 e. The average molecular weight is 314 g/mol. The van der Waals surface area contributed by atoms with Crippen LogP contribution in [0.4, 0.5) is 5.69 Å². The van der Waals surface area contributed by atoms with Gasteiger partial charge >= 0.3 is 0 Å². The van der Waals surface area contributed by atoms with Crippen LogP contribution in [0.1, 0.15) is 0 Å². The molecule has 1 rings (SSSR count). The minimum atomic E-state index is -3.74. The van der Waals surface area contributed by atoms with Crippen molar-refractivity contribution in [1.82, 2.24) is 0 Å². The van der Waals surface area contributed by atoms with Gasteiger partial charge in [-0.25, -0.2) is 5.14 Å². The van der Waals surface area contributed by atoms with E-state index in [1.54, 1.807) is 0 Å². The Morgan fingerprint density at radius 3 is 2.54 bits per heavy atom. The van der Waals surface area contributed by atoms with Gasteiger partial charge in [0.05, 0.1) is 9.26 Å². The van der Waals surface area contributed by atoms with Crippen LogP contribution in [0.2, 0.25) is 0 Å². The first-order valence-corrected chi connectivity index (χ1v) is 5.80. The van der Waals surface area contributed by atoms with Crippen LogP contribution in [-0.4, -0.2) is 13.5 Å². The molecule has 13 heavy (non-hydrogen) atoms. The van der Waals surface area contributed by atoms with Crippen molar-refractivity contribution >= 4 is 38.5 Å². The third kappa shape index (κ3) is 3.36. The quantitative estimate of drug-likeness (QED) is 0.552. The summed E-state index contributed by atoms with van der Waals surface area (Å²) in [4.78, 5) is 0. The Morgan fingerprint density at radius 2 is 2.08 bits per heavy atom. The number of anilines is 1. The molecule has 7 heteroatoms. The molecule has 0 unspecified atom stereocenters. The molecule has 5 nitrogen and oxygen atoms in total. The molecule has 0 saturated heterocycles. The number of phenolic OH excluding ortho intramolecular Hbond substituents is 1. The van der Waals surface area contributed by atoms with Crippen molar-refractivity contribution in [2.24, 2.45) is 5.14 Å². The van der Waals surface area contributed by atoms with Crippen molar-refractivity contribution in [2.45, 2.75) is 0 Å². The Balaban J connectivity index is 2.99. The van der Waals surface area contributed by atoms with Crippen molar-refractivity contribution in [2.75, 3.05) is 4.72 Å². The summed E-state index contributed by atoms with van der Waals surface area (Å²) in [6.07, 6.45) is 0. The van der Waals surface area contributed by atoms with Gasteiger partial charge in [-0.3, -0.25) is 4.72 Å². The number of nitrogens with two attached hydrogens (primary N) is 1. The molecule has 0 atom stereocenters. The second-order valence-electron chi connectivity index (χ2n) is 2.31. The molecule has 0 heterocycles. The number of benzene rings is 1. The Morgan fingerprint density at radius 1 is 1.46 bits per heavy atom. The molecule has 0 aliphatic rings. The van der Waals surface area contributed by atoms with E-state index in [0.717, 1.165) is 0 Å². The highest BCUT2D eigenvalue weighted by Gasteiger charge is 2.04. The van der Waals surface area contributed by atoms with Crippen LogP contribution in [0.3, 0.4) is 0 Å². The summed E-state index contributed by atoms with van der Waals surface area (Å²) in [5.74, 6) is 0.0977. The zero-order valence-corrected chi connectivity index (χ0v) is 9.33. The number of nitrogens with one attached hydrogen (secondary N) is 1. The Bertz CT molecular complexity index is 418. The lowest BCUT2D eigenvalue weighted by atomic mass is 10.3. The topological polar surface area (TPSA) is 92.4 Å². The fourth-order valence-electron chi connectivity index (χ4n) is 0.735. The molecule has 1 aromatic carbocycles. The molecule has 72 valence electrons. The van der Waals surface area contributed by atoms with Gasteiger partial charge in [-0.05, 0) is 40.8 Å². The van der Waals surface area contributed by atoms with Crippen LogP contribution < -0.4 is 9.86 Å². The zero-order chi connectivity index (χ0) is 10.1. The van der Waals surface area contributed by atoms with Crippen molar-refractivity contribution < 1.29 is 13.5 Å². The highest BCUT2D eigenvalue weighted by molar-refractivity contribution is 14.1. The number of rotatable bonds is 2. The van der Waals surface area contributed by atoms with Gasteiger partial charge in [-0.15, -0.1) is 0 Å². The summed E-state index contributed by atoms with van der Waals surface area (Å²) in [5.41, 5.74) is 0.324. The van der Waals surface area contributed by atoms with Crippen molar-refractivity contribution in [3.63, 3.8) is 0 Å². The molecule has 0 aliphatic carbocycles. The van der Waals surface area contributed by atoms with E-state index in [0.29, 0.717) is 9.26 Å². The Hall–Kier alpha value is -0.540. The molecular weight excluding hydrogens is 307 g/mol. The van der Waals surface area contributed by atoms with E-state index in [9.17, 15) is 8.42 Å². The number of hydrogen-bond acceptors (Lipinski definition) is 3. The third-order valence-corrected chi connectivity index (χ3v) is 2.59. The van der Waals surface area contributed by atoms with Gasteiger partial charge in [0.15, 0.2) is 0 Å². The summed E-state index contributed by atoms with van der Waals surface area (Å²) in [6, 6.07) is 4.28. The van der Waals surface area contributed by atoms with Gasteiger partial charge in [-0.2, -0.15) is 8.42 Å². The predicted octanol–water partition coefficient (Wildman–Crippen LogP) is 0.612. The zero-order valence-electron chi connectivity index (χ0n) is 6.36. The smallest absolute Gasteiger partial charge is 0.296 e. The van der Waals surface area contributed by atoms with Crippen molar-refractivity contribution in [3.05, 3.63) is 21.8 Å². The minimum absolute atomic E-state index is 0.0977. The molecule has 4 N–H and O–H groups in total. The molecule has 1 aromatic rings. The van der Waals surface area contributed by atoms with E-state index in [2.05, 4.69) is 4.72 Å². The average Bonchev–Trinajstić information content (AvgIpc) is 1.94. The fraction of sp³-hybridized carbons (Fsp3) is 0. The number of aromatic hydroxyl groups is 1. The van der Waals surface area contributed by atoms with Crippen LogP contribution in [0.25, 0.3) is 0 Å². The molecule has 0 aliphatic heterocycles. The first-order valence-electron chi connectivity index (χ1n) is 3.17. The second kappa shape index (κ2) is 3.68. The van der Waals surface area contributed by atoms with E-state index in [-0.39, 0.29) is 5.75 Å². The van der Waals surface area contributed by atoms with Gasteiger partial charge in [0.2, 0.25) is 0 Å². The van der Waals surface area contributed by atoms with Crippen LogP contribution in [-0.2, 0) is 10.2 Å². The van der Waals surface area contributed by atoms with E-state index in [1.165, 1.54) is 18.2 Å². The lowest BCUT2D eigenvalue weighted by Gasteiger charge is -2.04. The monoisotopic (exact) mass is 314 g/mol. The Kier molecular flexibility index (Phi) is 2.98. The maximum Gasteiger partial charge on any atom is 0.296 e. The van der Waals surface area contributed by atoms with E-state index in [1.807, 2.05) is 22.6 Å². The normalized spacial score (nSPS) is 11.2. The van der Waals surface area contributed by atoms with Crippen molar-refractivity contribution in [3.8, 4) is 5.75 Å². The van der Waals surface area contributed by atoms with E-state index < -0.39 is 10.2 Å². The number of hydrogen-bond donors (Lipinski definition) is 3. The highest BCUT2D eigenvalue weighted by Crippen LogP contribution is 2.22. The lowest BCUT2D eigenvalue weighted by Crippen LogP contribution is -2.21. The van der Waals surface area contributed by atoms with Gasteiger partial charge < -0.3 is 5.11 Å². The summed E-state index contributed by atoms with van der Waals surface area (Å²) in [5, 5.41) is 13.9.